The number of fused-ring (bicyclic) bond motifs is 1. The standard InChI is InChI=1S/C12H16ClN3O2/c1-16-11-3-2-9(14-7-10(17)5-13)4-8(11)6-15-12(16)18/h2-4,10,14,17H,5-7H2,1H3,(H,15,18). The normalized spacial score (nSPS) is 15.9. The Bertz CT molecular complexity index is 453. The fourth-order valence-electron chi connectivity index (χ4n) is 1.85. The van der Waals surface area contributed by atoms with Crippen LogP contribution in [-0.2, 0) is 6.54 Å². The molecule has 0 saturated carbocycles. The van der Waals surface area contributed by atoms with E-state index >= 15 is 0 Å². The van der Waals surface area contributed by atoms with E-state index in [9.17, 15) is 9.90 Å². The lowest BCUT2D eigenvalue weighted by molar-refractivity contribution is 0.211. The Labute approximate surface area is 111 Å². The molecule has 1 aromatic carbocycles. The van der Waals surface area contributed by atoms with Gasteiger partial charge in [0.05, 0.1) is 17.7 Å². The average molecular weight is 270 g/mol. The number of aliphatic hydroxyl groups is 1. The zero-order chi connectivity index (χ0) is 13.1. The molecule has 0 aromatic heterocycles. The Balaban J connectivity index is 2.10. The summed E-state index contributed by atoms with van der Waals surface area (Å²) >= 11 is 5.52. The highest BCUT2D eigenvalue weighted by atomic mass is 35.5. The smallest absolute Gasteiger partial charge is 0.321 e. The summed E-state index contributed by atoms with van der Waals surface area (Å²) in [7, 11) is 1.73. The number of hydrogen-bond acceptors (Lipinski definition) is 3. The van der Waals surface area contributed by atoms with E-state index in [1.165, 1.54) is 0 Å². The van der Waals surface area contributed by atoms with Crippen LogP contribution in [0.5, 0.6) is 0 Å². The van der Waals surface area contributed by atoms with Gasteiger partial charge >= 0.3 is 6.03 Å². The monoisotopic (exact) mass is 269 g/mol. The van der Waals surface area contributed by atoms with Crippen LogP contribution >= 0.6 is 11.6 Å². The minimum absolute atomic E-state index is 0.0965. The molecule has 1 aliphatic rings. The average Bonchev–Trinajstić information content (AvgIpc) is 2.40. The first-order chi connectivity index (χ1) is 8.61. The Kier molecular flexibility index (Phi) is 3.93. The molecule has 0 saturated heterocycles. The van der Waals surface area contributed by atoms with Crippen LogP contribution in [0.4, 0.5) is 16.2 Å². The zero-order valence-corrected chi connectivity index (χ0v) is 10.9. The van der Waals surface area contributed by atoms with Gasteiger partial charge in [0.25, 0.3) is 0 Å². The summed E-state index contributed by atoms with van der Waals surface area (Å²) in [5, 5.41) is 15.3. The van der Waals surface area contributed by atoms with Crippen molar-refractivity contribution in [1.82, 2.24) is 5.32 Å². The van der Waals surface area contributed by atoms with E-state index in [2.05, 4.69) is 10.6 Å². The fraction of sp³-hybridized carbons (Fsp3) is 0.417. The second kappa shape index (κ2) is 5.46. The number of alkyl halides is 1. The minimum Gasteiger partial charge on any atom is -0.390 e. The molecular formula is C12H16ClN3O2. The molecule has 0 fully saturated rings. The van der Waals surface area contributed by atoms with Crippen LogP contribution in [0.3, 0.4) is 0 Å². The number of nitrogens with zero attached hydrogens (tertiary/aromatic N) is 1. The number of anilines is 2. The number of nitrogens with one attached hydrogen (secondary N) is 2. The van der Waals surface area contributed by atoms with Crippen molar-refractivity contribution in [1.29, 1.82) is 0 Å². The number of amides is 2. The van der Waals surface area contributed by atoms with Crippen molar-refractivity contribution >= 4 is 29.0 Å². The maximum Gasteiger partial charge on any atom is 0.321 e. The third-order valence-electron chi connectivity index (χ3n) is 2.90. The van der Waals surface area contributed by atoms with Gasteiger partial charge in [-0.2, -0.15) is 0 Å². The van der Waals surface area contributed by atoms with Gasteiger partial charge in [0.2, 0.25) is 0 Å². The topological polar surface area (TPSA) is 64.6 Å². The number of carbonyl (C=O) groups is 1. The lowest BCUT2D eigenvalue weighted by atomic mass is 10.1. The molecule has 2 amide bonds. The highest BCUT2D eigenvalue weighted by Crippen LogP contribution is 2.26. The highest BCUT2D eigenvalue weighted by Gasteiger charge is 2.20. The number of halogens is 1. The maximum absolute atomic E-state index is 11.4. The summed E-state index contributed by atoms with van der Waals surface area (Å²) in [6.45, 7) is 0.927. The van der Waals surface area contributed by atoms with Gasteiger partial charge in [-0.05, 0) is 23.8 Å². The van der Waals surface area contributed by atoms with Crippen LogP contribution in [-0.4, -0.2) is 36.7 Å². The maximum atomic E-state index is 11.4. The van der Waals surface area contributed by atoms with Crippen molar-refractivity contribution in [3.05, 3.63) is 23.8 Å². The molecule has 1 heterocycles. The Morgan fingerprint density at radius 1 is 1.61 bits per heavy atom. The molecule has 18 heavy (non-hydrogen) atoms. The summed E-state index contributed by atoms with van der Waals surface area (Å²) in [5.41, 5.74) is 2.85. The Morgan fingerprint density at radius 2 is 2.39 bits per heavy atom. The number of urea groups is 1. The first-order valence-electron chi connectivity index (χ1n) is 5.74. The molecule has 1 unspecified atom stereocenters. The third-order valence-corrected chi connectivity index (χ3v) is 3.25. The van der Waals surface area contributed by atoms with E-state index in [0.717, 1.165) is 16.9 Å². The van der Waals surface area contributed by atoms with Crippen LogP contribution in [0.25, 0.3) is 0 Å². The van der Waals surface area contributed by atoms with Gasteiger partial charge in [0, 0.05) is 25.8 Å². The van der Waals surface area contributed by atoms with E-state index in [-0.39, 0.29) is 11.9 Å². The van der Waals surface area contributed by atoms with E-state index in [4.69, 9.17) is 11.6 Å². The largest absolute Gasteiger partial charge is 0.390 e. The molecule has 6 heteroatoms. The van der Waals surface area contributed by atoms with Crippen LogP contribution in [0.1, 0.15) is 5.56 Å². The summed E-state index contributed by atoms with van der Waals surface area (Å²) < 4.78 is 0. The Hall–Kier alpha value is -1.46. The van der Waals surface area contributed by atoms with Gasteiger partial charge < -0.3 is 15.7 Å². The van der Waals surface area contributed by atoms with Gasteiger partial charge in [0.1, 0.15) is 0 Å². The predicted molar refractivity (Wildman–Crippen MR) is 72.3 cm³/mol. The number of rotatable bonds is 4. The molecule has 1 aliphatic heterocycles. The molecular weight excluding hydrogens is 254 g/mol. The third kappa shape index (κ3) is 2.68. The van der Waals surface area contributed by atoms with Gasteiger partial charge in [-0.15, -0.1) is 11.6 Å². The van der Waals surface area contributed by atoms with Crippen LogP contribution in [0, 0.1) is 0 Å². The second-order valence-corrected chi connectivity index (χ2v) is 4.56. The summed E-state index contributed by atoms with van der Waals surface area (Å²) in [4.78, 5) is 13.0. The zero-order valence-electron chi connectivity index (χ0n) is 10.1. The van der Waals surface area contributed by atoms with Crippen molar-refractivity contribution in [2.75, 3.05) is 29.7 Å². The summed E-state index contributed by atoms with van der Waals surface area (Å²) in [6.07, 6.45) is -0.565. The number of carbonyl (C=O) groups excluding carboxylic acids is 1. The fourth-order valence-corrected chi connectivity index (χ4v) is 1.96. The second-order valence-electron chi connectivity index (χ2n) is 4.25. The van der Waals surface area contributed by atoms with Crippen molar-refractivity contribution in [3.63, 3.8) is 0 Å². The molecule has 0 spiro atoms. The van der Waals surface area contributed by atoms with Gasteiger partial charge in [-0.3, -0.25) is 4.90 Å². The molecule has 1 atom stereocenters. The minimum atomic E-state index is -0.565. The van der Waals surface area contributed by atoms with E-state index in [0.29, 0.717) is 13.1 Å². The molecule has 98 valence electrons. The molecule has 0 radical (unpaired) electrons. The van der Waals surface area contributed by atoms with Crippen LogP contribution in [0.2, 0.25) is 0 Å². The van der Waals surface area contributed by atoms with E-state index in [1.54, 1.807) is 11.9 Å². The first-order valence-corrected chi connectivity index (χ1v) is 6.27. The van der Waals surface area contributed by atoms with Gasteiger partial charge in [-0.25, -0.2) is 4.79 Å². The quantitative estimate of drug-likeness (QED) is 0.723. The summed E-state index contributed by atoms with van der Waals surface area (Å²) in [5.74, 6) is 0.205. The molecule has 0 aliphatic carbocycles. The van der Waals surface area contributed by atoms with Crippen molar-refractivity contribution in [3.8, 4) is 0 Å². The van der Waals surface area contributed by atoms with Gasteiger partial charge in [0.15, 0.2) is 0 Å². The molecule has 0 bridgehead atoms. The highest BCUT2D eigenvalue weighted by molar-refractivity contribution is 6.18. The lowest BCUT2D eigenvalue weighted by Gasteiger charge is -2.27. The van der Waals surface area contributed by atoms with Gasteiger partial charge in [-0.1, -0.05) is 0 Å². The molecule has 2 rings (SSSR count). The first kappa shape index (κ1) is 13.0. The Morgan fingerprint density at radius 3 is 3.11 bits per heavy atom. The number of benzene rings is 1. The van der Waals surface area contributed by atoms with Crippen molar-refractivity contribution in [2.45, 2.75) is 12.6 Å². The lowest BCUT2D eigenvalue weighted by Crippen LogP contribution is -2.41. The molecule has 3 N–H and O–H groups in total. The van der Waals surface area contributed by atoms with E-state index in [1.807, 2.05) is 18.2 Å². The SMILES string of the molecule is CN1C(=O)NCc2cc(NCC(O)CCl)ccc21. The van der Waals surface area contributed by atoms with Crippen LogP contribution in [0.15, 0.2) is 18.2 Å². The summed E-state index contributed by atoms with van der Waals surface area (Å²) in [6, 6.07) is 5.64. The molecule has 1 aromatic rings. The van der Waals surface area contributed by atoms with E-state index < -0.39 is 6.10 Å². The predicted octanol–water partition coefficient (Wildman–Crippen LogP) is 1.36. The van der Waals surface area contributed by atoms with Crippen LogP contribution < -0.4 is 15.5 Å². The number of aliphatic hydroxyl groups excluding tert-OH is 1. The molecule has 5 nitrogen and oxygen atoms in total. The van der Waals surface area contributed by atoms with Crippen molar-refractivity contribution < 1.29 is 9.90 Å². The van der Waals surface area contributed by atoms with Crippen molar-refractivity contribution in [2.24, 2.45) is 0 Å². The number of hydrogen-bond donors (Lipinski definition) is 3.